The molecule has 1 aromatic carbocycles. The van der Waals surface area contributed by atoms with E-state index in [9.17, 15) is 0 Å². The van der Waals surface area contributed by atoms with Gasteiger partial charge in [-0.15, -0.1) is 0 Å². The van der Waals surface area contributed by atoms with Crippen LogP contribution in [0.2, 0.25) is 0 Å². The number of aliphatic imine (C=N–C) groups is 1. The number of hydrogen-bond donors (Lipinski definition) is 1. The number of hydrogen-bond acceptors (Lipinski definition) is 2. The van der Waals surface area contributed by atoms with Crippen molar-refractivity contribution in [3.63, 3.8) is 0 Å². The molecule has 1 atom stereocenters. The minimum Gasteiger partial charge on any atom is -0.352 e. The Morgan fingerprint density at radius 2 is 2.35 bits per heavy atom. The van der Waals surface area contributed by atoms with Crippen LogP contribution in [0.5, 0.6) is 0 Å². The van der Waals surface area contributed by atoms with Crippen LogP contribution in [0.25, 0.3) is 0 Å². The highest BCUT2D eigenvalue weighted by Gasteiger charge is 2.21. The number of nitrogens with zero attached hydrogens (tertiary/aromatic N) is 2. The summed E-state index contributed by atoms with van der Waals surface area (Å²) in [6.45, 7) is 7.44. The molecule has 2 rings (SSSR count). The van der Waals surface area contributed by atoms with Crippen LogP contribution in [-0.2, 0) is 6.54 Å². The zero-order valence-corrected chi connectivity index (χ0v) is 13.5. The van der Waals surface area contributed by atoms with E-state index in [-0.39, 0.29) is 0 Å². The molecule has 0 saturated carbocycles. The molecule has 3 nitrogen and oxygen atoms in total. The summed E-state index contributed by atoms with van der Waals surface area (Å²) in [6, 6.07) is 8.63. The molecule has 4 heteroatoms. The molecule has 1 N–H and O–H groups in total. The van der Waals surface area contributed by atoms with Crippen LogP contribution < -0.4 is 5.32 Å². The van der Waals surface area contributed by atoms with Gasteiger partial charge in [-0.05, 0) is 18.9 Å². The molecule has 1 unspecified atom stereocenters. The van der Waals surface area contributed by atoms with Gasteiger partial charge in [0.2, 0.25) is 0 Å². The first kappa shape index (κ1) is 15.2. The highest BCUT2D eigenvalue weighted by molar-refractivity contribution is 8.00. The number of benzene rings is 1. The zero-order valence-electron chi connectivity index (χ0n) is 12.7. The number of thioether (sulfide) groups is 1. The minimum absolute atomic E-state index is 0.737. The SMILES string of the molecule is CCC1CN(C(=NC)NCc2cccc(C)c2)CCS1. The summed E-state index contributed by atoms with van der Waals surface area (Å²) in [5.74, 6) is 2.23. The Kier molecular flexibility index (Phi) is 5.77. The van der Waals surface area contributed by atoms with Crippen molar-refractivity contribution in [2.75, 3.05) is 25.9 Å². The van der Waals surface area contributed by atoms with Gasteiger partial charge in [0, 0.05) is 37.7 Å². The van der Waals surface area contributed by atoms with E-state index < -0.39 is 0 Å². The molecule has 1 aliphatic heterocycles. The van der Waals surface area contributed by atoms with Crippen LogP contribution >= 0.6 is 11.8 Å². The highest BCUT2D eigenvalue weighted by atomic mass is 32.2. The van der Waals surface area contributed by atoms with Crippen molar-refractivity contribution in [1.29, 1.82) is 0 Å². The fraction of sp³-hybridized carbons (Fsp3) is 0.562. The Bertz CT molecular complexity index is 459. The second-order valence-corrected chi connectivity index (χ2v) is 6.65. The first-order chi connectivity index (χ1) is 9.72. The lowest BCUT2D eigenvalue weighted by Crippen LogP contribution is -2.47. The monoisotopic (exact) mass is 291 g/mol. The molecular weight excluding hydrogens is 266 g/mol. The van der Waals surface area contributed by atoms with E-state index in [4.69, 9.17) is 0 Å². The van der Waals surface area contributed by atoms with Gasteiger partial charge in [0.25, 0.3) is 0 Å². The highest BCUT2D eigenvalue weighted by Crippen LogP contribution is 2.21. The fourth-order valence-corrected chi connectivity index (χ4v) is 3.67. The standard InChI is InChI=1S/C16H25N3S/c1-4-15-12-19(8-9-20-15)16(17-3)18-11-14-7-5-6-13(2)10-14/h5-7,10,15H,4,8-9,11-12H2,1-3H3,(H,17,18). The summed E-state index contributed by atoms with van der Waals surface area (Å²) in [6.07, 6.45) is 1.23. The molecule has 1 aromatic rings. The lowest BCUT2D eigenvalue weighted by molar-refractivity contribution is 0.408. The lowest BCUT2D eigenvalue weighted by atomic mass is 10.1. The topological polar surface area (TPSA) is 27.6 Å². The van der Waals surface area contributed by atoms with Gasteiger partial charge in [-0.3, -0.25) is 4.99 Å². The van der Waals surface area contributed by atoms with Gasteiger partial charge >= 0.3 is 0 Å². The van der Waals surface area contributed by atoms with Crippen molar-refractivity contribution in [1.82, 2.24) is 10.2 Å². The third-order valence-electron chi connectivity index (χ3n) is 3.64. The van der Waals surface area contributed by atoms with Gasteiger partial charge < -0.3 is 10.2 Å². The first-order valence-corrected chi connectivity index (χ1v) is 8.40. The van der Waals surface area contributed by atoms with Gasteiger partial charge in [0.1, 0.15) is 0 Å². The second kappa shape index (κ2) is 7.58. The maximum Gasteiger partial charge on any atom is 0.193 e. The largest absolute Gasteiger partial charge is 0.352 e. The van der Waals surface area contributed by atoms with E-state index in [1.54, 1.807) is 0 Å². The molecule has 0 bridgehead atoms. The van der Waals surface area contributed by atoms with Crippen LogP contribution in [0.15, 0.2) is 29.3 Å². The molecule has 1 fully saturated rings. The second-order valence-electron chi connectivity index (χ2n) is 5.24. The van der Waals surface area contributed by atoms with Crippen molar-refractivity contribution in [3.05, 3.63) is 35.4 Å². The predicted molar refractivity (Wildman–Crippen MR) is 89.5 cm³/mol. The summed E-state index contributed by atoms with van der Waals surface area (Å²) in [4.78, 5) is 6.83. The third kappa shape index (κ3) is 4.17. The van der Waals surface area contributed by atoms with Gasteiger partial charge in [0.05, 0.1) is 0 Å². The molecule has 1 heterocycles. The Hall–Kier alpha value is -1.16. The van der Waals surface area contributed by atoms with Crippen LogP contribution in [-0.4, -0.2) is 42.0 Å². The van der Waals surface area contributed by atoms with Gasteiger partial charge in [0.15, 0.2) is 5.96 Å². The van der Waals surface area contributed by atoms with Gasteiger partial charge in [-0.25, -0.2) is 0 Å². The number of aryl methyl sites for hydroxylation is 1. The summed E-state index contributed by atoms with van der Waals surface area (Å²) in [5.41, 5.74) is 2.62. The van der Waals surface area contributed by atoms with E-state index in [0.717, 1.165) is 30.8 Å². The number of rotatable bonds is 3. The van der Waals surface area contributed by atoms with E-state index in [2.05, 4.69) is 65.1 Å². The maximum atomic E-state index is 4.44. The summed E-state index contributed by atoms with van der Waals surface area (Å²) < 4.78 is 0. The van der Waals surface area contributed by atoms with Crippen LogP contribution in [0.1, 0.15) is 24.5 Å². The molecular formula is C16H25N3S. The minimum atomic E-state index is 0.737. The average molecular weight is 291 g/mol. The average Bonchev–Trinajstić information content (AvgIpc) is 2.48. The first-order valence-electron chi connectivity index (χ1n) is 7.35. The summed E-state index contributed by atoms with van der Waals surface area (Å²) >= 11 is 2.09. The Labute approximate surface area is 126 Å². The molecule has 1 aliphatic rings. The fourth-order valence-electron chi connectivity index (χ4n) is 2.49. The van der Waals surface area contributed by atoms with Gasteiger partial charge in [-0.1, -0.05) is 36.8 Å². The van der Waals surface area contributed by atoms with Crippen molar-refractivity contribution in [2.45, 2.75) is 32.1 Å². The quantitative estimate of drug-likeness (QED) is 0.685. The van der Waals surface area contributed by atoms with Crippen molar-refractivity contribution < 1.29 is 0 Å². The normalized spacial score (nSPS) is 20.1. The van der Waals surface area contributed by atoms with Gasteiger partial charge in [-0.2, -0.15) is 11.8 Å². The van der Waals surface area contributed by atoms with Crippen LogP contribution in [0.4, 0.5) is 0 Å². The molecule has 0 aliphatic carbocycles. The van der Waals surface area contributed by atoms with Crippen LogP contribution in [0.3, 0.4) is 0 Å². The van der Waals surface area contributed by atoms with Crippen molar-refractivity contribution in [2.24, 2.45) is 4.99 Å². The smallest absolute Gasteiger partial charge is 0.193 e. The summed E-state index contributed by atoms with van der Waals surface area (Å²) in [5, 5.41) is 4.23. The predicted octanol–water partition coefficient (Wildman–Crippen LogP) is 2.90. The molecule has 0 radical (unpaired) electrons. The van der Waals surface area contributed by atoms with E-state index in [1.807, 2.05) is 7.05 Å². The third-order valence-corrected chi connectivity index (χ3v) is 5.01. The Morgan fingerprint density at radius 1 is 1.50 bits per heavy atom. The molecule has 0 aromatic heterocycles. The molecule has 110 valence electrons. The number of guanidine groups is 1. The lowest BCUT2D eigenvalue weighted by Gasteiger charge is -2.34. The molecule has 0 spiro atoms. The molecule has 20 heavy (non-hydrogen) atoms. The maximum absolute atomic E-state index is 4.44. The Balaban J connectivity index is 1.92. The van der Waals surface area contributed by atoms with Crippen LogP contribution in [0, 0.1) is 6.92 Å². The Morgan fingerprint density at radius 3 is 3.05 bits per heavy atom. The van der Waals surface area contributed by atoms with Crippen molar-refractivity contribution in [3.8, 4) is 0 Å². The summed E-state index contributed by atoms with van der Waals surface area (Å²) in [7, 11) is 1.88. The van der Waals surface area contributed by atoms with Crippen molar-refractivity contribution >= 4 is 17.7 Å². The van der Waals surface area contributed by atoms with E-state index in [1.165, 1.54) is 23.3 Å². The molecule has 0 amide bonds. The zero-order chi connectivity index (χ0) is 14.4. The molecule has 1 saturated heterocycles. The van der Waals surface area contributed by atoms with E-state index >= 15 is 0 Å². The van der Waals surface area contributed by atoms with E-state index in [0.29, 0.717) is 0 Å². The number of nitrogens with one attached hydrogen (secondary N) is 1.